The number of pyridine rings is 1. The van der Waals surface area contributed by atoms with Gasteiger partial charge in [0.1, 0.15) is 0 Å². The van der Waals surface area contributed by atoms with Crippen LogP contribution in [0.4, 0.5) is 0 Å². The minimum Gasteiger partial charge on any atom is -0.402 e. The smallest absolute Gasteiger partial charge is 0.402 e. The van der Waals surface area contributed by atoms with E-state index in [-0.39, 0.29) is 17.1 Å². The number of nitrogens with zero attached hydrogens (tertiary/aromatic N) is 1. The van der Waals surface area contributed by atoms with Crippen molar-refractivity contribution in [3.05, 3.63) is 30.1 Å². The van der Waals surface area contributed by atoms with Gasteiger partial charge >= 0.3 is 7.12 Å². The van der Waals surface area contributed by atoms with Crippen LogP contribution < -0.4 is 5.73 Å². The zero-order valence-corrected chi connectivity index (χ0v) is 10.8. The monoisotopic (exact) mass is 234 g/mol. The Hall–Kier alpha value is -0.905. The van der Waals surface area contributed by atoms with E-state index < -0.39 is 7.12 Å². The first-order valence-corrected chi connectivity index (χ1v) is 5.86. The lowest BCUT2D eigenvalue weighted by atomic mass is 9.77. The minimum absolute atomic E-state index is 0.357. The van der Waals surface area contributed by atoms with Crippen molar-refractivity contribution in [1.29, 1.82) is 0 Å². The second-order valence-electron chi connectivity index (χ2n) is 5.41. The highest BCUT2D eigenvalue weighted by Gasteiger charge is 2.53. The van der Waals surface area contributed by atoms with Crippen LogP contribution in [0.25, 0.3) is 0 Å². The predicted octanol–water partition coefficient (Wildman–Crippen LogP) is 1.71. The Balaban J connectivity index is 2.17. The molecule has 0 radical (unpaired) electrons. The molecular weight excluding hydrogens is 215 g/mol. The molecule has 0 spiro atoms. The van der Waals surface area contributed by atoms with Crippen molar-refractivity contribution in [3.8, 4) is 0 Å². The molecule has 1 aromatic rings. The van der Waals surface area contributed by atoms with Gasteiger partial charge in [0, 0.05) is 6.20 Å². The van der Waals surface area contributed by atoms with Crippen LogP contribution in [0.2, 0.25) is 0 Å². The van der Waals surface area contributed by atoms with Gasteiger partial charge < -0.3 is 15.0 Å². The first kappa shape index (κ1) is 12.5. The van der Waals surface area contributed by atoms with E-state index >= 15 is 0 Å². The summed E-state index contributed by atoms with van der Waals surface area (Å²) in [6.07, 6.45) is 1.72. The summed E-state index contributed by atoms with van der Waals surface area (Å²) in [5, 5.41) is 0. The van der Waals surface area contributed by atoms with Crippen molar-refractivity contribution in [2.45, 2.75) is 44.8 Å². The second kappa shape index (κ2) is 4.08. The first-order chi connectivity index (χ1) is 7.83. The molecule has 17 heavy (non-hydrogen) atoms. The zero-order valence-electron chi connectivity index (χ0n) is 10.8. The zero-order chi connectivity index (χ0) is 12.7. The van der Waals surface area contributed by atoms with Crippen LogP contribution in [0.5, 0.6) is 0 Å². The van der Waals surface area contributed by atoms with Crippen molar-refractivity contribution in [2.24, 2.45) is 5.73 Å². The maximum atomic E-state index is 6.13. The largest absolute Gasteiger partial charge is 0.482 e. The Morgan fingerprint density at radius 1 is 1.18 bits per heavy atom. The van der Waals surface area contributed by atoms with E-state index in [1.165, 1.54) is 0 Å². The fourth-order valence-corrected chi connectivity index (χ4v) is 1.75. The molecule has 1 aliphatic rings. The molecular formula is C12H19BN2O2. The normalized spacial score (nSPS) is 23.7. The molecule has 0 unspecified atom stereocenters. The molecule has 2 N–H and O–H groups in total. The summed E-state index contributed by atoms with van der Waals surface area (Å²) in [5.74, 6) is -0.364. The topological polar surface area (TPSA) is 57.4 Å². The Labute approximate surface area is 103 Å². The molecule has 92 valence electrons. The average molecular weight is 234 g/mol. The fraction of sp³-hybridized carbons (Fsp3) is 0.583. The summed E-state index contributed by atoms with van der Waals surface area (Å²) >= 11 is 0. The van der Waals surface area contributed by atoms with Gasteiger partial charge in [-0.2, -0.15) is 0 Å². The molecule has 5 heteroatoms. The van der Waals surface area contributed by atoms with Gasteiger partial charge in [-0.15, -0.1) is 0 Å². The summed E-state index contributed by atoms with van der Waals surface area (Å²) in [5.41, 5.74) is 6.20. The first-order valence-electron chi connectivity index (χ1n) is 5.86. The summed E-state index contributed by atoms with van der Waals surface area (Å²) < 4.78 is 11.8. The number of nitrogens with two attached hydrogens (primary N) is 1. The summed E-state index contributed by atoms with van der Waals surface area (Å²) in [6.45, 7) is 8.05. The molecule has 0 bridgehead atoms. The quantitative estimate of drug-likeness (QED) is 0.791. The van der Waals surface area contributed by atoms with Gasteiger partial charge in [-0.3, -0.25) is 4.98 Å². The molecule has 0 saturated carbocycles. The van der Waals surface area contributed by atoms with Gasteiger partial charge in [-0.1, -0.05) is 6.07 Å². The van der Waals surface area contributed by atoms with E-state index in [1.807, 2.05) is 45.9 Å². The van der Waals surface area contributed by atoms with Crippen LogP contribution in [0, 0.1) is 0 Å². The molecule has 1 saturated heterocycles. The van der Waals surface area contributed by atoms with E-state index in [1.54, 1.807) is 6.20 Å². The molecule has 4 nitrogen and oxygen atoms in total. The Kier molecular flexibility index (Phi) is 3.02. The molecule has 0 aliphatic carbocycles. The van der Waals surface area contributed by atoms with Crippen molar-refractivity contribution >= 4 is 7.12 Å². The summed E-state index contributed by atoms with van der Waals surface area (Å²) in [6, 6.07) is 5.66. The molecule has 1 atom stereocenters. The molecule has 0 aromatic carbocycles. The summed E-state index contributed by atoms with van der Waals surface area (Å²) in [4.78, 5) is 4.23. The molecule has 2 rings (SSSR count). The molecule has 1 aliphatic heterocycles. The Morgan fingerprint density at radius 2 is 1.76 bits per heavy atom. The van der Waals surface area contributed by atoms with E-state index in [0.29, 0.717) is 0 Å². The highest BCUT2D eigenvalue weighted by molar-refractivity contribution is 6.47. The lowest BCUT2D eigenvalue weighted by Crippen LogP contribution is -2.41. The van der Waals surface area contributed by atoms with Crippen LogP contribution in [0.15, 0.2) is 24.4 Å². The van der Waals surface area contributed by atoms with Crippen LogP contribution in [-0.4, -0.2) is 23.3 Å². The van der Waals surface area contributed by atoms with Crippen molar-refractivity contribution in [1.82, 2.24) is 4.98 Å². The van der Waals surface area contributed by atoms with Crippen molar-refractivity contribution < 1.29 is 9.31 Å². The van der Waals surface area contributed by atoms with Gasteiger partial charge in [0.15, 0.2) is 0 Å². The third kappa shape index (κ3) is 2.23. The Bertz CT molecular complexity index is 379. The SMILES string of the molecule is CC1(C)OB([C@@H](N)c2ccccn2)OC1(C)C. The van der Waals surface area contributed by atoms with Crippen molar-refractivity contribution in [3.63, 3.8) is 0 Å². The van der Waals surface area contributed by atoms with E-state index in [4.69, 9.17) is 15.0 Å². The summed E-state index contributed by atoms with van der Waals surface area (Å²) in [7, 11) is -0.449. The van der Waals surface area contributed by atoms with Crippen molar-refractivity contribution in [2.75, 3.05) is 0 Å². The fourth-order valence-electron chi connectivity index (χ4n) is 1.75. The van der Waals surface area contributed by atoms with E-state index in [2.05, 4.69) is 4.98 Å². The molecule has 1 aromatic heterocycles. The number of aromatic nitrogens is 1. The molecule has 0 amide bonds. The van der Waals surface area contributed by atoms with Crippen LogP contribution >= 0.6 is 0 Å². The number of rotatable bonds is 2. The highest BCUT2D eigenvalue weighted by Crippen LogP contribution is 2.39. The van der Waals surface area contributed by atoms with Crippen LogP contribution in [0.3, 0.4) is 0 Å². The Morgan fingerprint density at radius 3 is 2.24 bits per heavy atom. The standard InChI is InChI=1S/C12H19BN2O2/c1-11(2)12(3,4)17-13(16-11)10(14)9-7-5-6-8-15-9/h5-8,10H,14H2,1-4H3/t10-/m0/s1. The number of hydrogen-bond acceptors (Lipinski definition) is 4. The minimum atomic E-state index is -0.449. The van der Waals surface area contributed by atoms with Crippen LogP contribution in [-0.2, 0) is 9.31 Å². The van der Waals surface area contributed by atoms with Gasteiger partial charge in [-0.25, -0.2) is 0 Å². The maximum absolute atomic E-state index is 6.13. The van der Waals surface area contributed by atoms with Gasteiger partial charge in [0.2, 0.25) is 0 Å². The van der Waals surface area contributed by atoms with E-state index in [0.717, 1.165) is 5.69 Å². The lowest BCUT2D eigenvalue weighted by molar-refractivity contribution is 0.00578. The number of hydrogen-bond donors (Lipinski definition) is 1. The second-order valence-corrected chi connectivity index (χ2v) is 5.41. The maximum Gasteiger partial charge on any atom is 0.482 e. The highest BCUT2D eigenvalue weighted by atomic mass is 16.7. The third-order valence-electron chi connectivity index (χ3n) is 3.59. The average Bonchev–Trinajstić information content (AvgIpc) is 2.48. The van der Waals surface area contributed by atoms with E-state index in [9.17, 15) is 0 Å². The van der Waals surface area contributed by atoms with Gasteiger partial charge in [0.05, 0.1) is 22.8 Å². The lowest BCUT2D eigenvalue weighted by Gasteiger charge is -2.32. The van der Waals surface area contributed by atoms with Crippen LogP contribution in [0.1, 0.15) is 39.3 Å². The molecule has 2 heterocycles. The van der Waals surface area contributed by atoms with Gasteiger partial charge in [0.25, 0.3) is 0 Å². The third-order valence-corrected chi connectivity index (χ3v) is 3.59. The van der Waals surface area contributed by atoms with Gasteiger partial charge in [-0.05, 0) is 39.8 Å². The molecule has 1 fully saturated rings. The predicted molar refractivity (Wildman–Crippen MR) is 67.2 cm³/mol.